The number of nitrogens with one attached hydrogen (secondary N) is 1. The lowest BCUT2D eigenvalue weighted by atomic mass is 9.92. The van der Waals surface area contributed by atoms with Crippen molar-refractivity contribution in [2.75, 3.05) is 38.3 Å². The molecule has 2 N–H and O–H groups in total. The molecule has 0 saturated carbocycles. The van der Waals surface area contributed by atoms with Crippen molar-refractivity contribution in [1.29, 1.82) is 0 Å². The molecular weight excluding hydrogens is 600 g/mol. The van der Waals surface area contributed by atoms with Crippen molar-refractivity contribution in [3.05, 3.63) is 53.6 Å². The summed E-state index contributed by atoms with van der Waals surface area (Å²) in [5.74, 6) is -1.04. The maximum Gasteiger partial charge on any atom is 0.319 e. The van der Waals surface area contributed by atoms with Crippen LogP contribution in [0.15, 0.2) is 36.4 Å². The molecule has 0 aliphatic carbocycles. The first-order valence-corrected chi connectivity index (χ1v) is 17.3. The lowest BCUT2D eigenvalue weighted by Gasteiger charge is -2.38. The van der Waals surface area contributed by atoms with Crippen molar-refractivity contribution in [3.8, 4) is 22.9 Å². The number of nitrogens with zero attached hydrogens (tertiary/aromatic N) is 4. The normalized spacial score (nSPS) is 25.7. The van der Waals surface area contributed by atoms with Gasteiger partial charge >= 0.3 is 6.01 Å². The monoisotopic (exact) mass is 643 g/mol. The molecule has 47 heavy (non-hydrogen) atoms. The van der Waals surface area contributed by atoms with Crippen LogP contribution in [0.2, 0.25) is 0 Å². The van der Waals surface area contributed by atoms with Crippen LogP contribution in [0.5, 0.6) is 11.8 Å². The Morgan fingerprint density at radius 2 is 1.77 bits per heavy atom. The van der Waals surface area contributed by atoms with Gasteiger partial charge in [0.1, 0.15) is 22.9 Å². The molecule has 8 rings (SSSR count). The summed E-state index contributed by atoms with van der Waals surface area (Å²) < 4.78 is 45.0. The summed E-state index contributed by atoms with van der Waals surface area (Å²) in [6, 6.07) is 12.0. The van der Waals surface area contributed by atoms with Crippen LogP contribution in [-0.2, 0) is 11.2 Å². The Kier molecular flexibility index (Phi) is 8.14. The Morgan fingerprint density at radius 3 is 2.49 bits per heavy atom. The quantitative estimate of drug-likeness (QED) is 0.204. The van der Waals surface area contributed by atoms with Gasteiger partial charge in [0, 0.05) is 56.3 Å². The first kappa shape index (κ1) is 30.7. The molecule has 4 aromatic rings. The molecule has 4 saturated heterocycles. The molecule has 4 aliphatic heterocycles. The van der Waals surface area contributed by atoms with E-state index < -0.39 is 11.6 Å². The fourth-order valence-electron chi connectivity index (χ4n) is 8.86. The minimum absolute atomic E-state index is 0.0254. The number of fused-ring (bicyclic) bond motifs is 6. The summed E-state index contributed by atoms with van der Waals surface area (Å²) >= 11 is 0. The fraction of sp³-hybridized carbons (Fsp3) is 0.514. The number of halogens is 2. The van der Waals surface area contributed by atoms with Gasteiger partial charge in [0.05, 0.1) is 18.3 Å². The molecule has 248 valence electrons. The summed E-state index contributed by atoms with van der Waals surface area (Å²) in [6.07, 6.45) is 8.51. The summed E-state index contributed by atoms with van der Waals surface area (Å²) in [7, 11) is 1.81. The number of aromatic nitrogens is 2. The van der Waals surface area contributed by atoms with E-state index in [1.807, 2.05) is 32.2 Å². The van der Waals surface area contributed by atoms with Gasteiger partial charge in [-0.3, -0.25) is 4.90 Å². The van der Waals surface area contributed by atoms with Crippen molar-refractivity contribution in [3.63, 3.8) is 0 Å². The molecule has 1 aromatic heterocycles. The Hall–Kier alpha value is -3.60. The van der Waals surface area contributed by atoms with Crippen LogP contribution < -0.4 is 15.0 Å². The number of methoxy groups -OCH3 is 1. The average Bonchev–Trinajstić information content (AvgIpc) is 3.53. The van der Waals surface area contributed by atoms with E-state index in [0.29, 0.717) is 73.2 Å². The summed E-state index contributed by atoms with van der Waals surface area (Å²) in [6.45, 7) is 4.72. The standard InChI is InChI=1S/C37H43F2N5O3/c1-3-21-6-4-7-22-14-27(45)17-29(32(21)22)33-31(38)18-30-35(34(33)39)41-37(42-36(30)43-19-23-8-9-24(20-43)40-23)47-13-5-12-44-25-10-11-26(44)16-28(15-25)46-2/h4,6-7,14,17-18,23-26,28,40,45H,3,5,8-13,15-16,19-20H2,1-2H3. The lowest BCUT2D eigenvalue weighted by molar-refractivity contribution is 0.00434. The maximum absolute atomic E-state index is 16.9. The van der Waals surface area contributed by atoms with Crippen LogP contribution in [0.1, 0.15) is 57.4 Å². The van der Waals surface area contributed by atoms with Crippen LogP contribution in [-0.4, -0.2) is 83.6 Å². The van der Waals surface area contributed by atoms with Gasteiger partial charge in [0.25, 0.3) is 0 Å². The van der Waals surface area contributed by atoms with Crippen LogP contribution in [0.4, 0.5) is 14.6 Å². The Morgan fingerprint density at radius 1 is 1.00 bits per heavy atom. The van der Waals surface area contributed by atoms with Gasteiger partial charge in [-0.2, -0.15) is 9.97 Å². The van der Waals surface area contributed by atoms with Crippen LogP contribution in [0.25, 0.3) is 32.8 Å². The molecule has 10 heteroatoms. The fourth-order valence-corrected chi connectivity index (χ4v) is 8.86. The Balaban J connectivity index is 1.15. The third kappa shape index (κ3) is 5.58. The van der Waals surface area contributed by atoms with Crippen LogP contribution in [0.3, 0.4) is 0 Å². The first-order chi connectivity index (χ1) is 22.9. The van der Waals surface area contributed by atoms with Crippen LogP contribution in [0, 0.1) is 11.6 Å². The number of ether oxygens (including phenoxy) is 2. The zero-order valence-corrected chi connectivity index (χ0v) is 27.1. The lowest BCUT2D eigenvalue weighted by Crippen LogP contribution is -2.51. The highest BCUT2D eigenvalue weighted by Gasteiger charge is 2.40. The minimum atomic E-state index is -0.776. The van der Waals surface area contributed by atoms with Gasteiger partial charge < -0.3 is 24.8 Å². The smallest absolute Gasteiger partial charge is 0.319 e. The number of piperidine rings is 1. The molecule has 4 aliphatic rings. The van der Waals surface area contributed by atoms with Gasteiger partial charge in [-0.15, -0.1) is 0 Å². The van der Waals surface area contributed by atoms with E-state index >= 15 is 8.78 Å². The number of anilines is 1. The van der Waals surface area contributed by atoms with E-state index in [9.17, 15) is 5.11 Å². The third-order valence-corrected chi connectivity index (χ3v) is 11.0. The second kappa shape index (κ2) is 12.5. The second-order valence-electron chi connectivity index (χ2n) is 13.8. The van der Waals surface area contributed by atoms with Gasteiger partial charge in [0.2, 0.25) is 0 Å². The number of rotatable bonds is 9. The summed E-state index contributed by atoms with van der Waals surface area (Å²) in [4.78, 5) is 14.1. The summed E-state index contributed by atoms with van der Waals surface area (Å²) in [5, 5.41) is 16.0. The van der Waals surface area contributed by atoms with Gasteiger partial charge in [-0.1, -0.05) is 25.1 Å². The van der Waals surface area contributed by atoms with Crippen molar-refractivity contribution in [2.45, 2.75) is 88.6 Å². The Bertz CT molecular complexity index is 1790. The highest BCUT2D eigenvalue weighted by molar-refractivity contribution is 6.03. The number of piperazine rings is 1. The van der Waals surface area contributed by atoms with Crippen molar-refractivity contribution < 1.29 is 23.4 Å². The summed E-state index contributed by atoms with van der Waals surface area (Å²) in [5.41, 5.74) is 1.08. The van der Waals surface area contributed by atoms with Crippen LogP contribution >= 0.6 is 0 Å². The number of aryl methyl sites for hydroxylation is 1. The van der Waals surface area contributed by atoms with Crippen molar-refractivity contribution in [2.24, 2.45) is 0 Å². The molecular formula is C37H43F2N5O3. The van der Waals surface area contributed by atoms with E-state index in [1.54, 1.807) is 6.07 Å². The number of hydrogen-bond acceptors (Lipinski definition) is 8. The molecule has 4 bridgehead atoms. The highest BCUT2D eigenvalue weighted by Crippen LogP contribution is 2.42. The molecule has 0 radical (unpaired) electrons. The molecule has 5 heterocycles. The van der Waals surface area contributed by atoms with E-state index in [0.717, 1.165) is 55.0 Å². The number of aromatic hydroxyl groups is 1. The average molecular weight is 644 g/mol. The third-order valence-electron chi connectivity index (χ3n) is 11.0. The molecule has 0 spiro atoms. The number of phenolic OH excluding ortho intramolecular Hbond substituents is 1. The van der Waals surface area contributed by atoms with E-state index in [4.69, 9.17) is 14.5 Å². The molecule has 4 fully saturated rings. The predicted octanol–water partition coefficient (Wildman–Crippen LogP) is 6.35. The van der Waals surface area contributed by atoms with Gasteiger partial charge in [0.15, 0.2) is 5.82 Å². The molecule has 4 unspecified atom stereocenters. The predicted molar refractivity (Wildman–Crippen MR) is 179 cm³/mol. The van der Waals surface area contributed by atoms with Crippen molar-refractivity contribution >= 4 is 27.5 Å². The topological polar surface area (TPSA) is 83.0 Å². The molecule has 0 amide bonds. The van der Waals surface area contributed by atoms with Gasteiger partial charge in [-0.05, 0) is 91.5 Å². The number of hydrogen-bond donors (Lipinski definition) is 2. The Labute approximate surface area is 274 Å². The minimum Gasteiger partial charge on any atom is -0.508 e. The maximum atomic E-state index is 16.9. The van der Waals surface area contributed by atoms with E-state index in [2.05, 4.69) is 20.1 Å². The van der Waals surface area contributed by atoms with E-state index in [-0.39, 0.29) is 22.8 Å². The molecule has 8 nitrogen and oxygen atoms in total. The zero-order chi connectivity index (χ0) is 32.2. The zero-order valence-electron chi connectivity index (χ0n) is 27.1. The SMILES string of the molecule is CCc1cccc2cc(O)cc(-c3c(F)cc4c(N5CC6CCC(C5)N6)nc(OCCCN5C6CCC5CC(OC)C6)nc4c3F)c12. The first-order valence-electron chi connectivity index (χ1n) is 17.3. The number of phenols is 1. The molecule has 4 atom stereocenters. The second-order valence-corrected chi connectivity index (χ2v) is 13.8. The van der Waals surface area contributed by atoms with Gasteiger partial charge in [-0.25, -0.2) is 8.78 Å². The highest BCUT2D eigenvalue weighted by atomic mass is 19.1. The number of benzene rings is 3. The molecule has 3 aromatic carbocycles. The van der Waals surface area contributed by atoms with E-state index in [1.165, 1.54) is 25.0 Å². The largest absolute Gasteiger partial charge is 0.508 e. The van der Waals surface area contributed by atoms with Crippen molar-refractivity contribution in [1.82, 2.24) is 20.2 Å².